The molecule has 1 amide bonds. The second-order valence-corrected chi connectivity index (χ2v) is 8.41. The topological polar surface area (TPSA) is 83.1 Å². The Morgan fingerprint density at radius 2 is 2.09 bits per heavy atom. The summed E-state index contributed by atoms with van der Waals surface area (Å²) in [5, 5.41) is 11.1. The van der Waals surface area contributed by atoms with Crippen molar-refractivity contribution in [2.24, 2.45) is 0 Å². The Bertz CT molecular complexity index is 1300. The average molecular weight is 442 g/mol. The van der Waals surface area contributed by atoms with Crippen LogP contribution in [0.1, 0.15) is 34.0 Å². The van der Waals surface area contributed by atoms with Crippen molar-refractivity contribution in [2.45, 2.75) is 18.9 Å². The first kappa shape index (κ1) is 21.2. The number of hydrogen-bond donors (Lipinski definition) is 2. The van der Waals surface area contributed by atoms with Crippen LogP contribution < -0.4 is 10.1 Å². The summed E-state index contributed by atoms with van der Waals surface area (Å²) in [7, 11) is 3.34. The molecule has 1 aliphatic heterocycles. The Morgan fingerprint density at radius 1 is 1.21 bits per heavy atom. The molecule has 2 N–H and O–H groups in total. The molecule has 1 fully saturated rings. The third kappa shape index (κ3) is 4.19. The summed E-state index contributed by atoms with van der Waals surface area (Å²) in [6, 6.07) is 17.8. The molecule has 7 heteroatoms. The van der Waals surface area contributed by atoms with Gasteiger partial charge in [-0.2, -0.15) is 5.10 Å². The van der Waals surface area contributed by atoms with Crippen LogP contribution >= 0.6 is 0 Å². The van der Waals surface area contributed by atoms with Gasteiger partial charge in [0.25, 0.3) is 5.91 Å². The highest BCUT2D eigenvalue weighted by Crippen LogP contribution is 2.32. The molecule has 7 nitrogen and oxygen atoms in total. The first-order valence-electron chi connectivity index (χ1n) is 11.2. The van der Waals surface area contributed by atoms with Gasteiger partial charge in [0.1, 0.15) is 5.75 Å². The molecule has 1 saturated heterocycles. The fourth-order valence-electron chi connectivity index (χ4n) is 4.65. The van der Waals surface area contributed by atoms with Crippen LogP contribution in [0.4, 0.5) is 0 Å². The number of ether oxygens (including phenoxy) is 1. The van der Waals surface area contributed by atoms with Crippen LogP contribution in [0.5, 0.6) is 5.75 Å². The summed E-state index contributed by atoms with van der Waals surface area (Å²) in [6.45, 7) is 2.66. The number of para-hydroxylation sites is 1. The molecule has 0 bridgehead atoms. The number of fused-ring (bicyclic) bond motifs is 1. The molecule has 5 rings (SSSR count). The van der Waals surface area contributed by atoms with E-state index in [4.69, 9.17) is 9.72 Å². The number of amides is 1. The van der Waals surface area contributed by atoms with E-state index in [0.29, 0.717) is 5.56 Å². The van der Waals surface area contributed by atoms with Gasteiger partial charge in [-0.3, -0.25) is 19.8 Å². The van der Waals surface area contributed by atoms with Gasteiger partial charge in [-0.1, -0.05) is 30.3 Å². The zero-order chi connectivity index (χ0) is 22.8. The fraction of sp³-hybridized carbons (Fsp3) is 0.269. The summed E-state index contributed by atoms with van der Waals surface area (Å²) in [5.41, 5.74) is 5.76. The number of carbonyl (C=O) groups excluding carboxylic acids is 1. The van der Waals surface area contributed by atoms with Crippen LogP contribution in [0.2, 0.25) is 0 Å². The maximum atomic E-state index is 12.5. The zero-order valence-electron chi connectivity index (χ0n) is 18.8. The van der Waals surface area contributed by atoms with Gasteiger partial charge < -0.3 is 10.1 Å². The minimum absolute atomic E-state index is 0.0777. The Balaban J connectivity index is 1.37. The van der Waals surface area contributed by atoms with Crippen LogP contribution in [-0.2, 0) is 6.54 Å². The lowest BCUT2D eigenvalue weighted by molar-refractivity contribution is 0.0964. The Labute approximate surface area is 192 Å². The zero-order valence-corrected chi connectivity index (χ0v) is 18.8. The molecule has 0 radical (unpaired) electrons. The summed E-state index contributed by atoms with van der Waals surface area (Å²) >= 11 is 0. The number of aromatic nitrogens is 3. The highest BCUT2D eigenvalue weighted by Gasteiger charge is 2.27. The summed E-state index contributed by atoms with van der Waals surface area (Å²) in [4.78, 5) is 19.9. The third-order valence-electron chi connectivity index (χ3n) is 6.37. The number of methoxy groups -OCH3 is 1. The summed E-state index contributed by atoms with van der Waals surface area (Å²) in [5.74, 6) is 1.03. The van der Waals surface area contributed by atoms with Crippen molar-refractivity contribution in [3.63, 3.8) is 0 Å². The number of H-pyrrole nitrogens is 1. The number of aromatic amines is 1. The molecule has 1 atom stereocenters. The van der Waals surface area contributed by atoms with Gasteiger partial charge in [-0.25, -0.2) is 0 Å². The lowest BCUT2D eigenvalue weighted by Gasteiger charge is -2.17. The number of nitrogens with one attached hydrogen (secondary N) is 2. The molecule has 0 saturated carbocycles. The Kier molecular flexibility index (Phi) is 5.79. The number of carbonyl (C=O) groups is 1. The molecule has 0 unspecified atom stereocenters. The number of hydrogen-bond acceptors (Lipinski definition) is 5. The predicted molar refractivity (Wildman–Crippen MR) is 128 cm³/mol. The van der Waals surface area contributed by atoms with Gasteiger partial charge >= 0.3 is 0 Å². The molecule has 2 aromatic carbocycles. The Hall–Kier alpha value is -3.71. The van der Waals surface area contributed by atoms with Crippen molar-refractivity contribution >= 4 is 16.8 Å². The Morgan fingerprint density at radius 3 is 2.94 bits per heavy atom. The van der Waals surface area contributed by atoms with Crippen molar-refractivity contribution in [1.82, 2.24) is 25.4 Å². The van der Waals surface area contributed by atoms with E-state index in [1.165, 1.54) is 0 Å². The van der Waals surface area contributed by atoms with E-state index < -0.39 is 0 Å². The molecule has 0 spiro atoms. The van der Waals surface area contributed by atoms with Gasteiger partial charge in [0, 0.05) is 48.3 Å². The summed E-state index contributed by atoms with van der Waals surface area (Å²) < 4.78 is 5.37. The molecule has 1 aliphatic rings. The lowest BCUT2D eigenvalue weighted by Crippen LogP contribution is -2.21. The van der Waals surface area contributed by atoms with Gasteiger partial charge in [0.15, 0.2) is 0 Å². The van der Waals surface area contributed by atoms with Crippen LogP contribution in [0.25, 0.3) is 22.2 Å². The van der Waals surface area contributed by atoms with Gasteiger partial charge in [0.05, 0.1) is 30.1 Å². The van der Waals surface area contributed by atoms with Crippen LogP contribution in [0.15, 0.2) is 60.8 Å². The maximum Gasteiger partial charge on any atom is 0.251 e. The standard InChI is InChI=1S/C26H27N5O2/c1-27-26(32)22-13-24(29-23-9-4-3-8-21(22)23)18-10-11-31(15-18)16-19-14-28-30-25(19)17-6-5-7-20(12-17)33-2/h3-9,12-14,18H,10-11,15-16H2,1-2H3,(H,27,32)(H,28,30)/t18-/m1/s1. The average Bonchev–Trinajstić information content (AvgIpc) is 3.53. The predicted octanol–water partition coefficient (Wildman–Crippen LogP) is 3.98. The van der Waals surface area contributed by atoms with Crippen LogP contribution in [0.3, 0.4) is 0 Å². The SMILES string of the molecule is CNC(=O)c1cc([C@@H]2CCN(Cc3cn[nH]c3-c3cccc(OC)c3)C2)nc2ccccc12. The van der Waals surface area contributed by atoms with Crippen LogP contribution in [-0.4, -0.2) is 53.2 Å². The molecule has 168 valence electrons. The second kappa shape index (κ2) is 9.03. The largest absolute Gasteiger partial charge is 0.497 e. The quantitative estimate of drug-likeness (QED) is 0.473. The van der Waals surface area contributed by atoms with Gasteiger partial charge in [0.2, 0.25) is 0 Å². The molecule has 33 heavy (non-hydrogen) atoms. The van der Waals surface area contributed by atoms with E-state index in [-0.39, 0.29) is 11.8 Å². The fourth-order valence-corrected chi connectivity index (χ4v) is 4.65. The highest BCUT2D eigenvalue weighted by atomic mass is 16.5. The molecule has 0 aliphatic carbocycles. The van der Waals surface area contributed by atoms with Crippen LogP contribution in [0, 0.1) is 0 Å². The van der Waals surface area contributed by atoms with Gasteiger partial charge in [-0.05, 0) is 37.2 Å². The second-order valence-electron chi connectivity index (χ2n) is 8.41. The van der Waals surface area contributed by atoms with E-state index >= 15 is 0 Å². The molecular formula is C26H27N5O2. The minimum Gasteiger partial charge on any atom is -0.497 e. The van der Waals surface area contributed by atoms with Crippen molar-refractivity contribution < 1.29 is 9.53 Å². The molecule has 2 aromatic heterocycles. The van der Waals surface area contributed by atoms with E-state index in [1.807, 2.05) is 54.7 Å². The third-order valence-corrected chi connectivity index (χ3v) is 6.37. The highest BCUT2D eigenvalue weighted by molar-refractivity contribution is 6.06. The lowest BCUT2D eigenvalue weighted by atomic mass is 9.99. The van der Waals surface area contributed by atoms with Crippen molar-refractivity contribution in [3.05, 3.63) is 77.6 Å². The molecule has 4 aromatic rings. The van der Waals surface area contributed by atoms with Gasteiger partial charge in [-0.15, -0.1) is 0 Å². The van der Waals surface area contributed by atoms with Crippen molar-refractivity contribution in [3.8, 4) is 17.0 Å². The van der Waals surface area contributed by atoms with E-state index in [9.17, 15) is 4.79 Å². The van der Waals surface area contributed by atoms with E-state index in [0.717, 1.165) is 65.2 Å². The van der Waals surface area contributed by atoms with Crippen molar-refractivity contribution in [1.29, 1.82) is 0 Å². The smallest absolute Gasteiger partial charge is 0.251 e. The minimum atomic E-state index is -0.0777. The number of likely N-dealkylation sites (tertiary alicyclic amines) is 1. The van der Waals surface area contributed by atoms with E-state index in [2.05, 4.69) is 26.5 Å². The number of pyridine rings is 1. The summed E-state index contributed by atoms with van der Waals surface area (Å²) in [6.07, 6.45) is 2.91. The normalized spacial score (nSPS) is 16.2. The number of nitrogens with zero attached hydrogens (tertiary/aromatic N) is 3. The number of rotatable bonds is 6. The van der Waals surface area contributed by atoms with E-state index in [1.54, 1.807) is 14.2 Å². The van der Waals surface area contributed by atoms with Crippen molar-refractivity contribution in [2.75, 3.05) is 27.2 Å². The first-order chi connectivity index (χ1) is 16.2. The molecular weight excluding hydrogens is 414 g/mol. The number of benzene rings is 2. The monoisotopic (exact) mass is 441 g/mol. The first-order valence-corrected chi connectivity index (χ1v) is 11.2. The molecule has 3 heterocycles. The maximum absolute atomic E-state index is 12.5.